The minimum absolute atomic E-state index is 0. The van der Waals surface area contributed by atoms with E-state index in [0.29, 0.717) is 0 Å². The smallest absolute Gasteiger partial charge is 0.123 e. The Labute approximate surface area is 173 Å². The molecule has 0 N–H and O–H groups in total. The third kappa shape index (κ3) is 5.50. The topological polar surface area (TPSA) is 15.7 Å². The first-order chi connectivity index (χ1) is 12.3. The van der Waals surface area contributed by atoms with E-state index in [0.717, 1.165) is 50.8 Å². The van der Waals surface area contributed by atoms with Crippen molar-refractivity contribution in [3.63, 3.8) is 0 Å². The number of piperazine rings is 1. The molecule has 3 nitrogen and oxygen atoms in total. The molecule has 1 heterocycles. The van der Waals surface area contributed by atoms with Crippen LogP contribution in [0.5, 0.6) is 5.75 Å². The van der Waals surface area contributed by atoms with E-state index in [-0.39, 0.29) is 30.6 Å². The molecule has 2 aromatic rings. The van der Waals surface area contributed by atoms with Crippen molar-refractivity contribution in [2.45, 2.75) is 19.3 Å². The van der Waals surface area contributed by atoms with Gasteiger partial charge in [0.1, 0.15) is 18.2 Å². The fraction of sp³-hybridized carbons (Fsp3) is 0.429. The molecule has 1 saturated heterocycles. The van der Waals surface area contributed by atoms with E-state index < -0.39 is 0 Å². The van der Waals surface area contributed by atoms with Crippen molar-refractivity contribution < 1.29 is 9.13 Å². The highest BCUT2D eigenvalue weighted by atomic mass is 35.5. The van der Waals surface area contributed by atoms with E-state index in [1.54, 1.807) is 0 Å². The number of anilines is 1. The molecule has 148 valence electrons. The van der Waals surface area contributed by atoms with Crippen molar-refractivity contribution in [3.05, 3.63) is 59.4 Å². The van der Waals surface area contributed by atoms with Gasteiger partial charge in [0.25, 0.3) is 0 Å². The summed E-state index contributed by atoms with van der Waals surface area (Å²) in [5, 5.41) is 0. The lowest BCUT2D eigenvalue weighted by Gasteiger charge is -2.36. The Morgan fingerprint density at radius 3 is 2.30 bits per heavy atom. The third-order valence-electron chi connectivity index (χ3n) is 5.31. The summed E-state index contributed by atoms with van der Waals surface area (Å²) in [5.74, 6) is 0.830. The van der Waals surface area contributed by atoms with E-state index >= 15 is 0 Å². The molecule has 27 heavy (non-hydrogen) atoms. The highest BCUT2D eigenvalue weighted by molar-refractivity contribution is 5.85. The molecule has 2 aliphatic rings. The molecule has 6 heteroatoms. The van der Waals surface area contributed by atoms with Crippen LogP contribution in [-0.4, -0.2) is 44.2 Å². The summed E-state index contributed by atoms with van der Waals surface area (Å²) in [6.07, 6.45) is 3.68. The zero-order chi connectivity index (χ0) is 17.1. The van der Waals surface area contributed by atoms with Crippen molar-refractivity contribution in [2.75, 3.05) is 44.2 Å². The van der Waals surface area contributed by atoms with Gasteiger partial charge in [-0.3, -0.25) is 4.90 Å². The van der Waals surface area contributed by atoms with Gasteiger partial charge in [0.05, 0.1) is 0 Å². The van der Waals surface area contributed by atoms with Crippen LogP contribution in [0.2, 0.25) is 0 Å². The maximum atomic E-state index is 13.0. The van der Waals surface area contributed by atoms with Gasteiger partial charge < -0.3 is 9.64 Å². The summed E-state index contributed by atoms with van der Waals surface area (Å²) in [6.45, 7) is 5.68. The lowest BCUT2D eigenvalue weighted by atomic mass is 10.1. The van der Waals surface area contributed by atoms with E-state index in [1.165, 1.54) is 42.5 Å². The highest BCUT2D eigenvalue weighted by Crippen LogP contribution is 2.26. The summed E-state index contributed by atoms with van der Waals surface area (Å²) in [4.78, 5) is 4.75. The first kappa shape index (κ1) is 21.8. The van der Waals surface area contributed by atoms with Crippen molar-refractivity contribution in [3.8, 4) is 5.75 Å². The SMILES string of the molecule is Cl.Cl.Fc1ccc(N2CCN(CCOc3ccc4c(c3)CCC4)CC2)cc1. The Balaban J connectivity index is 0.00000131. The van der Waals surface area contributed by atoms with Gasteiger partial charge in [0.15, 0.2) is 0 Å². The van der Waals surface area contributed by atoms with Gasteiger partial charge in [-0.05, 0) is 66.8 Å². The molecule has 0 aromatic heterocycles. The molecule has 0 unspecified atom stereocenters. The molecule has 0 amide bonds. The predicted molar refractivity (Wildman–Crippen MR) is 114 cm³/mol. The van der Waals surface area contributed by atoms with Crippen LogP contribution < -0.4 is 9.64 Å². The van der Waals surface area contributed by atoms with Gasteiger partial charge in [-0.15, -0.1) is 24.8 Å². The van der Waals surface area contributed by atoms with E-state index in [1.807, 2.05) is 12.1 Å². The van der Waals surface area contributed by atoms with Gasteiger partial charge in [0, 0.05) is 38.4 Å². The van der Waals surface area contributed by atoms with Crippen LogP contribution in [0, 0.1) is 5.82 Å². The minimum atomic E-state index is -0.175. The molecule has 1 aliphatic heterocycles. The third-order valence-corrected chi connectivity index (χ3v) is 5.31. The zero-order valence-electron chi connectivity index (χ0n) is 15.4. The minimum Gasteiger partial charge on any atom is -0.492 e. The molecular weight excluding hydrogens is 386 g/mol. The number of rotatable bonds is 5. The fourth-order valence-electron chi connectivity index (χ4n) is 3.81. The predicted octanol–water partition coefficient (Wildman–Crippen LogP) is 4.36. The van der Waals surface area contributed by atoms with Crippen LogP contribution >= 0.6 is 24.8 Å². The van der Waals surface area contributed by atoms with Crippen molar-refractivity contribution >= 4 is 30.5 Å². The maximum absolute atomic E-state index is 13.0. The van der Waals surface area contributed by atoms with Crippen LogP contribution in [0.25, 0.3) is 0 Å². The monoisotopic (exact) mass is 412 g/mol. The number of benzene rings is 2. The van der Waals surface area contributed by atoms with Crippen molar-refractivity contribution in [1.29, 1.82) is 0 Å². The van der Waals surface area contributed by atoms with Crippen LogP contribution in [0.1, 0.15) is 17.5 Å². The Morgan fingerprint density at radius 2 is 1.56 bits per heavy atom. The van der Waals surface area contributed by atoms with Crippen molar-refractivity contribution in [2.24, 2.45) is 0 Å². The van der Waals surface area contributed by atoms with E-state index in [2.05, 4.69) is 28.0 Å². The molecule has 1 fully saturated rings. The quantitative estimate of drug-likeness (QED) is 0.725. The molecule has 4 rings (SSSR count). The number of halogens is 3. The van der Waals surface area contributed by atoms with Crippen LogP contribution in [0.4, 0.5) is 10.1 Å². The molecule has 0 spiro atoms. The number of fused-ring (bicyclic) bond motifs is 1. The second-order valence-corrected chi connectivity index (χ2v) is 6.94. The summed E-state index contributed by atoms with van der Waals surface area (Å²) < 4.78 is 19.0. The Bertz CT molecular complexity index is 719. The average molecular weight is 413 g/mol. The molecule has 1 aliphatic carbocycles. The lowest BCUT2D eigenvalue weighted by molar-refractivity contribution is 0.200. The number of hydrogen-bond acceptors (Lipinski definition) is 3. The zero-order valence-corrected chi connectivity index (χ0v) is 17.0. The summed E-state index contributed by atoms with van der Waals surface area (Å²) in [5.41, 5.74) is 4.06. The molecule has 0 radical (unpaired) electrons. The molecule has 0 saturated carbocycles. The second kappa shape index (κ2) is 10.2. The Morgan fingerprint density at radius 1 is 0.852 bits per heavy atom. The van der Waals surface area contributed by atoms with Gasteiger partial charge in [0.2, 0.25) is 0 Å². The largest absolute Gasteiger partial charge is 0.492 e. The standard InChI is InChI=1S/C21H25FN2O.2ClH/c22-19-5-7-20(8-6-19)24-12-10-23(11-13-24)14-15-25-21-9-4-17-2-1-3-18(17)16-21;;/h4-9,16H,1-3,10-15H2;2*1H. The second-order valence-electron chi connectivity index (χ2n) is 6.94. The van der Waals surface area contributed by atoms with Gasteiger partial charge in [-0.1, -0.05) is 6.07 Å². The van der Waals surface area contributed by atoms with Gasteiger partial charge in [-0.2, -0.15) is 0 Å². The maximum Gasteiger partial charge on any atom is 0.123 e. The molecule has 0 atom stereocenters. The number of aryl methyl sites for hydroxylation is 2. The lowest BCUT2D eigenvalue weighted by Crippen LogP contribution is -2.47. The summed E-state index contributed by atoms with van der Waals surface area (Å²) >= 11 is 0. The summed E-state index contributed by atoms with van der Waals surface area (Å²) in [7, 11) is 0. The Hall–Kier alpha value is -1.49. The first-order valence-corrected chi connectivity index (χ1v) is 9.25. The van der Waals surface area contributed by atoms with Crippen molar-refractivity contribution in [1.82, 2.24) is 4.90 Å². The summed E-state index contributed by atoms with van der Waals surface area (Å²) in [6, 6.07) is 13.3. The molecular formula is C21H27Cl2FN2O. The van der Waals surface area contributed by atoms with E-state index in [9.17, 15) is 4.39 Å². The average Bonchev–Trinajstić information content (AvgIpc) is 3.11. The number of ether oxygens (including phenoxy) is 1. The van der Waals surface area contributed by atoms with E-state index in [4.69, 9.17) is 4.74 Å². The van der Waals surface area contributed by atoms with Crippen LogP contribution in [-0.2, 0) is 12.8 Å². The van der Waals surface area contributed by atoms with Crippen LogP contribution in [0.3, 0.4) is 0 Å². The van der Waals surface area contributed by atoms with Crippen LogP contribution in [0.15, 0.2) is 42.5 Å². The number of nitrogens with zero attached hydrogens (tertiary/aromatic N) is 2. The first-order valence-electron chi connectivity index (χ1n) is 9.25. The number of hydrogen-bond donors (Lipinski definition) is 0. The normalized spacial score (nSPS) is 16.3. The fourth-order valence-corrected chi connectivity index (χ4v) is 3.81. The Kier molecular flexibility index (Phi) is 8.21. The van der Waals surface area contributed by atoms with Gasteiger partial charge >= 0.3 is 0 Å². The highest BCUT2D eigenvalue weighted by Gasteiger charge is 2.17. The molecule has 2 aromatic carbocycles. The van der Waals surface area contributed by atoms with Gasteiger partial charge in [-0.25, -0.2) is 4.39 Å². The molecule has 0 bridgehead atoms.